The van der Waals surface area contributed by atoms with Gasteiger partial charge in [-0.2, -0.15) is 0 Å². The van der Waals surface area contributed by atoms with Crippen molar-refractivity contribution < 1.29 is 4.74 Å². The minimum Gasteiger partial charge on any atom is -0.379 e. The molecule has 2 aliphatic rings. The molecule has 0 N–H and O–H groups in total. The van der Waals surface area contributed by atoms with Gasteiger partial charge in [0, 0.05) is 58.1 Å². The summed E-state index contributed by atoms with van der Waals surface area (Å²) in [5.74, 6) is 0.603. The van der Waals surface area contributed by atoms with E-state index in [2.05, 4.69) is 48.1 Å². The topological polar surface area (TPSA) is 19.0 Å². The first-order valence-electron chi connectivity index (χ1n) is 8.71. The van der Waals surface area contributed by atoms with Crippen LogP contribution < -0.4 is 0 Å². The summed E-state index contributed by atoms with van der Waals surface area (Å²) in [6.45, 7) is 21.8. The van der Waals surface area contributed by atoms with Gasteiger partial charge in [-0.25, -0.2) is 0 Å². The molecule has 2 saturated heterocycles. The van der Waals surface area contributed by atoms with Crippen molar-refractivity contribution in [3.63, 3.8) is 0 Å². The van der Waals surface area contributed by atoms with Crippen LogP contribution >= 0.6 is 0 Å². The van der Waals surface area contributed by atoms with Crippen LogP contribution in [-0.4, -0.2) is 80.3 Å². The van der Waals surface area contributed by atoms with Gasteiger partial charge in [0.1, 0.15) is 0 Å². The van der Waals surface area contributed by atoms with E-state index in [1.807, 2.05) is 0 Å². The number of morpholine rings is 1. The van der Waals surface area contributed by atoms with Gasteiger partial charge >= 0.3 is 0 Å². The van der Waals surface area contributed by atoms with E-state index < -0.39 is 0 Å². The van der Waals surface area contributed by atoms with Crippen molar-refractivity contribution in [1.82, 2.24) is 14.7 Å². The number of ether oxygens (including phenoxy) is 1. The predicted octanol–water partition coefficient (Wildman–Crippen LogP) is 2.05. The largest absolute Gasteiger partial charge is 0.379 e. The summed E-state index contributed by atoms with van der Waals surface area (Å²) in [5, 5.41) is 0. The fourth-order valence-corrected chi connectivity index (χ4v) is 2.89. The smallest absolute Gasteiger partial charge is 0.0594 e. The van der Waals surface area contributed by atoms with Gasteiger partial charge in [0.05, 0.1) is 13.2 Å². The zero-order valence-corrected chi connectivity index (χ0v) is 14.7. The van der Waals surface area contributed by atoms with Gasteiger partial charge in [-0.1, -0.05) is 26.0 Å². The van der Waals surface area contributed by atoms with Crippen molar-refractivity contribution >= 4 is 0 Å². The lowest BCUT2D eigenvalue weighted by molar-refractivity contribution is 0.0310. The van der Waals surface area contributed by atoms with Crippen molar-refractivity contribution in [1.29, 1.82) is 0 Å². The number of piperazine rings is 1. The Morgan fingerprint density at radius 1 is 1.00 bits per heavy atom. The fraction of sp³-hybridized carbons (Fsp3) is 0.778. The Kier molecular flexibility index (Phi) is 6.93. The van der Waals surface area contributed by atoms with E-state index in [0.29, 0.717) is 5.92 Å². The van der Waals surface area contributed by atoms with Gasteiger partial charge in [-0.15, -0.1) is 0 Å². The Morgan fingerprint density at radius 3 is 2.09 bits per heavy atom. The van der Waals surface area contributed by atoms with Crippen LogP contribution in [0.25, 0.3) is 0 Å². The lowest BCUT2D eigenvalue weighted by Crippen LogP contribution is -2.48. The van der Waals surface area contributed by atoms with Crippen molar-refractivity contribution in [2.75, 3.05) is 65.6 Å². The van der Waals surface area contributed by atoms with Crippen molar-refractivity contribution in [3.8, 4) is 0 Å². The van der Waals surface area contributed by atoms with Gasteiger partial charge in [0.25, 0.3) is 0 Å². The van der Waals surface area contributed by atoms with Crippen LogP contribution in [0.15, 0.2) is 23.9 Å². The second kappa shape index (κ2) is 8.70. The first kappa shape index (κ1) is 17.5. The average molecular weight is 307 g/mol. The van der Waals surface area contributed by atoms with Gasteiger partial charge in [-0.3, -0.25) is 9.80 Å². The molecule has 0 aliphatic carbocycles. The van der Waals surface area contributed by atoms with Crippen LogP contribution in [-0.2, 0) is 4.74 Å². The summed E-state index contributed by atoms with van der Waals surface area (Å²) < 4.78 is 5.40. The molecular formula is C18H33N3O. The normalized spacial score (nSPS) is 22.4. The van der Waals surface area contributed by atoms with Crippen molar-refractivity contribution in [2.24, 2.45) is 5.92 Å². The number of hydrogen-bond acceptors (Lipinski definition) is 4. The highest BCUT2D eigenvalue weighted by Gasteiger charge is 2.18. The lowest BCUT2D eigenvalue weighted by atomic mass is 10.0. The Bertz CT molecular complexity index is 378. The summed E-state index contributed by atoms with van der Waals surface area (Å²) in [7, 11) is 0. The summed E-state index contributed by atoms with van der Waals surface area (Å²) in [5.41, 5.74) is 2.60. The van der Waals surface area contributed by atoms with E-state index in [4.69, 9.17) is 4.74 Å². The van der Waals surface area contributed by atoms with Crippen molar-refractivity contribution in [2.45, 2.75) is 20.8 Å². The van der Waals surface area contributed by atoms with Crippen LogP contribution in [0.4, 0.5) is 0 Å². The maximum Gasteiger partial charge on any atom is 0.0594 e. The molecule has 0 aromatic rings. The Hall–Kier alpha value is -0.840. The first-order valence-corrected chi connectivity index (χ1v) is 8.71. The average Bonchev–Trinajstić information content (AvgIpc) is 2.54. The van der Waals surface area contributed by atoms with Gasteiger partial charge < -0.3 is 9.64 Å². The molecule has 0 bridgehead atoms. The summed E-state index contributed by atoms with van der Waals surface area (Å²) in [6.07, 6.45) is 2.26. The molecule has 2 heterocycles. The molecule has 126 valence electrons. The summed E-state index contributed by atoms with van der Waals surface area (Å²) in [6, 6.07) is 0. The van der Waals surface area contributed by atoms with Crippen LogP contribution in [0, 0.1) is 5.92 Å². The molecule has 4 nitrogen and oxygen atoms in total. The van der Waals surface area contributed by atoms with Crippen LogP contribution in [0.1, 0.15) is 20.8 Å². The summed E-state index contributed by atoms with van der Waals surface area (Å²) in [4.78, 5) is 7.53. The van der Waals surface area contributed by atoms with Gasteiger partial charge in [0.2, 0.25) is 0 Å². The molecule has 22 heavy (non-hydrogen) atoms. The lowest BCUT2D eigenvalue weighted by Gasteiger charge is -2.37. The number of nitrogens with zero attached hydrogens (tertiary/aromatic N) is 3. The van der Waals surface area contributed by atoms with Crippen LogP contribution in [0.5, 0.6) is 0 Å². The second-order valence-corrected chi connectivity index (χ2v) is 6.82. The molecule has 2 rings (SSSR count). The fourth-order valence-electron chi connectivity index (χ4n) is 2.89. The molecule has 4 heteroatoms. The maximum atomic E-state index is 5.40. The molecule has 0 unspecified atom stereocenters. The van der Waals surface area contributed by atoms with E-state index in [1.54, 1.807) is 0 Å². The first-order chi connectivity index (χ1) is 10.6. The van der Waals surface area contributed by atoms with E-state index in [1.165, 1.54) is 24.4 Å². The predicted molar refractivity (Wildman–Crippen MR) is 93.0 cm³/mol. The third-order valence-electron chi connectivity index (χ3n) is 4.92. The van der Waals surface area contributed by atoms with E-state index in [9.17, 15) is 0 Å². The molecule has 0 amide bonds. The second-order valence-electron chi connectivity index (χ2n) is 6.82. The molecule has 0 aromatic carbocycles. The Labute approximate surface area is 136 Å². The number of rotatable bonds is 6. The van der Waals surface area contributed by atoms with Crippen LogP contribution in [0.2, 0.25) is 0 Å². The molecular weight excluding hydrogens is 274 g/mol. The SMILES string of the molecule is C=C(/C=C(/C)C(C)C)N1CCN(CCN2CCOCC2)CC1. The highest BCUT2D eigenvalue weighted by molar-refractivity contribution is 5.20. The molecule has 0 radical (unpaired) electrons. The molecule has 0 atom stereocenters. The molecule has 2 fully saturated rings. The Morgan fingerprint density at radius 2 is 1.55 bits per heavy atom. The molecule has 2 aliphatic heterocycles. The Balaban J connectivity index is 1.69. The zero-order chi connectivity index (χ0) is 15.9. The van der Waals surface area contributed by atoms with Crippen LogP contribution in [0.3, 0.4) is 0 Å². The van der Waals surface area contributed by atoms with Crippen molar-refractivity contribution in [3.05, 3.63) is 23.9 Å². The van der Waals surface area contributed by atoms with E-state index >= 15 is 0 Å². The number of hydrogen-bond donors (Lipinski definition) is 0. The van der Waals surface area contributed by atoms with E-state index in [-0.39, 0.29) is 0 Å². The zero-order valence-electron chi connectivity index (χ0n) is 14.7. The highest BCUT2D eigenvalue weighted by Crippen LogP contribution is 2.15. The van der Waals surface area contributed by atoms with Gasteiger partial charge in [-0.05, 0) is 18.9 Å². The molecule has 0 spiro atoms. The minimum absolute atomic E-state index is 0.603. The highest BCUT2D eigenvalue weighted by atomic mass is 16.5. The minimum atomic E-state index is 0.603. The monoisotopic (exact) mass is 307 g/mol. The number of allylic oxidation sites excluding steroid dienone is 2. The summed E-state index contributed by atoms with van der Waals surface area (Å²) >= 11 is 0. The molecule has 0 aromatic heterocycles. The van der Waals surface area contributed by atoms with E-state index in [0.717, 1.165) is 52.5 Å². The maximum absolute atomic E-state index is 5.40. The third-order valence-corrected chi connectivity index (χ3v) is 4.92. The quantitative estimate of drug-likeness (QED) is 0.699. The standard InChI is InChI=1S/C18H33N3O/c1-16(2)17(3)15-18(4)21-9-7-19(8-10-21)5-6-20-11-13-22-14-12-20/h15-16H,4-14H2,1-3H3/b17-15-. The molecule has 0 saturated carbocycles. The van der Waals surface area contributed by atoms with Gasteiger partial charge in [0.15, 0.2) is 0 Å². The third kappa shape index (κ3) is 5.41.